The van der Waals surface area contributed by atoms with Crippen molar-refractivity contribution in [2.24, 2.45) is 0 Å². The highest BCUT2D eigenvalue weighted by Crippen LogP contribution is 2.25. The van der Waals surface area contributed by atoms with E-state index < -0.39 is 17.9 Å². The molecule has 1 heterocycles. The minimum atomic E-state index is -1.14. The van der Waals surface area contributed by atoms with Crippen LogP contribution in [-0.4, -0.2) is 35.1 Å². The molecule has 3 aromatic rings. The largest absolute Gasteiger partial charge is 0.495 e. The Balaban J connectivity index is 1.83. The second kappa shape index (κ2) is 8.05. The van der Waals surface area contributed by atoms with Crippen LogP contribution in [0.15, 0.2) is 54.7 Å². The highest BCUT2D eigenvalue weighted by molar-refractivity contribution is 6.32. The molecule has 0 radical (unpaired) electrons. The Kier molecular flexibility index (Phi) is 5.57. The van der Waals surface area contributed by atoms with E-state index in [1.54, 1.807) is 42.6 Å². The number of benzene rings is 2. The molecule has 0 fully saturated rings. The molecule has 6 nitrogen and oxygen atoms in total. The summed E-state index contributed by atoms with van der Waals surface area (Å²) in [4.78, 5) is 28.6. The second-order valence-electron chi connectivity index (χ2n) is 5.92. The number of ether oxygens (including phenoxy) is 1. The number of halogens is 1. The predicted octanol–water partition coefficient (Wildman–Crippen LogP) is 3.32. The molecule has 1 amide bonds. The molecule has 7 heteroatoms. The number of nitrogens with zero attached hydrogens (tertiary/aromatic N) is 1. The van der Waals surface area contributed by atoms with Gasteiger partial charge < -0.3 is 15.2 Å². The van der Waals surface area contributed by atoms with Gasteiger partial charge in [0.25, 0.3) is 5.91 Å². The third-order valence-electron chi connectivity index (χ3n) is 4.14. The topological polar surface area (TPSA) is 88.5 Å². The number of carbonyl (C=O) groups is 2. The van der Waals surface area contributed by atoms with Crippen LogP contribution in [0.4, 0.5) is 0 Å². The highest BCUT2D eigenvalue weighted by atomic mass is 35.5. The van der Waals surface area contributed by atoms with Gasteiger partial charge in [-0.1, -0.05) is 35.9 Å². The van der Waals surface area contributed by atoms with Crippen LogP contribution in [0, 0.1) is 0 Å². The summed E-state index contributed by atoms with van der Waals surface area (Å²) in [5.41, 5.74) is 1.52. The van der Waals surface area contributed by atoms with E-state index in [2.05, 4.69) is 10.3 Å². The fraction of sp³-hybridized carbons (Fsp3) is 0.150. The van der Waals surface area contributed by atoms with Gasteiger partial charge in [0, 0.05) is 18.0 Å². The first-order chi connectivity index (χ1) is 13.0. The van der Waals surface area contributed by atoms with Crippen molar-refractivity contribution >= 4 is 34.4 Å². The Hall–Kier alpha value is -3.12. The first-order valence-corrected chi connectivity index (χ1v) is 8.57. The van der Waals surface area contributed by atoms with Crippen LogP contribution in [0.1, 0.15) is 15.9 Å². The zero-order valence-corrected chi connectivity index (χ0v) is 15.2. The summed E-state index contributed by atoms with van der Waals surface area (Å²) in [6, 6.07) is 12.7. The maximum absolute atomic E-state index is 12.7. The van der Waals surface area contributed by atoms with Gasteiger partial charge in [0.15, 0.2) is 0 Å². The van der Waals surface area contributed by atoms with Gasteiger partial charge in [0.2, 0.25) is 0 Å². The summed E-state index contributed by atoms with van der Waals surface area (Å²) in [7, 11) is 1.50. The molecule has 2 aromatic carbocycles. The van der Waals surface area contributed by atoms with Crippen LogP contribution in [0.3, 0.4) is 0 Å². The van der Waals surface area contributed by atoms with Crippen molar-refractivity contribution in [3.63, 3.8) is 0 Å². The van der Waals surface area contributed by atoms with Crippen LogP contribution in [0.25, 0.3) is 10.9 Å². The van der Waals surface area contributed by atoms with Gasteiger partial charge in [0.1, 0.15) is 11.8 Å². The van der Waals surface area contributed by atoms with Crippen molar-refractivity contribution in [3.05, 3.63) is 70.9 Å². The third-order valence-corrected chi connectivity index (χ3v) is 4.43. The Morgan fingerprint density at radius 1 is 1.22 bits per heavy atom. The number of aromatic nitrogens is 1. The fourth-order valence-electron chi connectivity index (χ4n) is 2.80. The van der Waals surface area contributed by atoms with E-state index >= 15 is 0 Å². The molecule has 0 unspecified atom stereocenters. The number of nitrogens with one attached hydrogen (secondary N) is 1. The van der Waals surface area contributed by atoms with E-state index in [0.29, 0.717) is 27.4 Å². The molecule has 138 valence electrons. The van der Waals surface area contributed by atoms with E-state index in [-0.39, 0.29) is 6.42 Å². The Labute approximate surface area is 160 Å². The lowest BCUT2D eigenvalue weighted by Crippen LogP contribution is -2.42. The molecule has 0 aliphatic heterocycles. The Bertz CT molecular complexity index is 1000. The summed E-state index contributed by atoms with van der Waals surface area (Å²) in [5, 5.41) is 13.3. The van der Waals surface area contributed by atoms with Gasteiger partial charge in [-0.15, -0.1) is 0 Å². The maximum Gasteiger partial charge on any atom is 0.326 e. The normalized spacial score (nSPS) is 11.8. The van der Waals surface area contributed by atoms with E-state index in [4.69, 9.17) is 16.3 Å². The number of carbonyl (C=O) groups excluding carboxylic acids is 1. The second-order valence-corrected chi connectivity index (χ2v) is 6.33. The molecule has 0 saturated carbocycles. The van der Waals surface area contributed by atoms with Crippen molar-refractivity contribution in [2.75, 3.05) is 7.11 Å². The first kappa shape index (κ1) is 18.7. The number of para-hydroxylation sites is 1. The molecule has 1 atom stereocenters. The van der Waals surface area contributed by atoms with Gasteiger partial charge in [-0.05, 0) is 29.8 Å². The predicted molar refractivity (Wildman–Crippen MR) is 102 cm³/mol. The molecule has 27 heavy (non-hydrogen) atoms. The lowest BCUT2D eigenvalue weighted by atomic mass is 10.0. The molecule has 1 aromatic heterocycles. The third kappa shape index (κ3) is 4.17. The van der Waals surface area contributed by atoms with Gasteiger partial charge >= 0.3 is 5.97 Å². The van der Waals surface area contributed by atoms with E-state index in [1.807, 2.05) is 12.1 Å². The van der Waals surface area contributed by atoms with Crippen molar-refractivity contribution < 1.29 is 19.4 Å². The zero-order chi connectivity index (χ0) is 19.4. The SMILES string of the molecule is COc1ccc(C[C@@H](NC(=O)c2cccc3cccnc23)C(=O)O)cc1Cl. The number of hydrogen-bond donors (Lipinski definition) is 2. The van der Waals surface area contributed by atoms with Crippen LogP contribution in [-0.2, 0) is 11.2 Å². The lowest BCUT2D eigenvalue weighted by Gasteiger charge is -2.16. The van der Waals surface area contributed by atoms with Gasteiger partial charge in [-0.2, -0.15) is 0 Å². The van der Waals surface area contributed by atoms with Crippen LogP contribution in [0.2, 0.25) is 5.02 Å². The molecular weight excluding hydrogens is 368 g/mol. The molecule has 0 saturated heterocycles. The van der Waals surface area contributed by atoms with Crippen LogP contribution < -0.4 is 10.1 Å². The first-order valence-electron chi connectivity index (χ1n) is 8.19. The van der Waals surface area contributed by atoms with Crippen LogP contribution >= 0.6 is 11.6 Å². The molecule has 0 bridgehead atoms. The smallest absolute Gasteiger partial charge is 0.326 e. The van der Waals surface area contributed by atoms with Crippen molar-refractivity contribution in [3.8, 4) is 5.75 Å². The molecule has 2 N–H and O–H groups in total. The number of rotatable bonds is 6. The van der Waals surface area contributed by atoms with Gasteiger partial charge in [0.05, 0.1) is 23.2 Å². The monoisotopic (exact) mass is 384 g/mol. The number of carboxylic acids is 1. The molecule has 3 rings (SSSR count). The lowest BCUT2D eigenvalue weighted by molar-refractivity contribution is -0.139. The standard InChI is InChI=1S/C20H17ClN2O4/c1-27-17-8-7-12(10-15(17)21)11-16(20(25)26)23-19(24)14-6-2-4-13-5-3-9-22-18(13)14/h2-10,16H,11H2,1H3,(H,23,24)(H,25,26)/t16-/m1/s1. The molecule has 0 aliphatic carbocycles. The summed E-state index contributed by atoms with van der Waals surface area (Å²) < 4.78 is 5.09. The average Bonchev–Trinajstić information content (AvgIpc) is 2.67. The van der Waals surface area contributed by atoms with Crippen molar-refractivity contribution in [2.45, 2.75) is 12.5 Å². The number of carboxylic acid groups (broad SMARTS) is 1. The average molecular weight is 385 g/mol. The van der Waals surface area contributed by atoms with Crippen molar-refractivity contribution in [1.29, 1.82) is 0 Å². The number of fused-ring (bicyclic) bond motifs is 1. The number of methoxy groups -OCH3 is 1. The fourth-order valence-corrected chi connectivity index (χ4v) is 3.08. The molecule has 0 aliphatic rings. The Morgan fingerprint density at radius 2 is 2.00 bits per heavy atom. The van der Waals surface area contributed by atoms with Gasteiger partial charge in [-0.25, -0.2) is 4.79 Å². The molecule has 0 spiro atoms. The van der Waals surface area contributed by atoms with E-state index in [1.165, 1.54) is 7.11 Å². The summed E-state index contributed by atoms with van der Waals surface area (Å²) in [6.45, 7) is 0. The quantitative estimate of drug-likeness (QED) is 0.680. The van der Waals surface area contributed by atoms with Crippen LogP contribution in [0.5, 0.6) is 5.75 Å². The minimum absolute atomic E-state index is 0.0863. The Morgan fingerprint density at radius 3 is 2.70 bits per heavy atom. The number of hydrogen-bond acceptors (Lipinski definition) is 4. The summed E-state index contributed by atoms with van der Waals surface area (Å²) in [6.07, 6.45) is 1.68. The van der Waals surface area contributed by atoms with Crippen molar-refractivity contribution in [1.82, 2.24) is 10.3 Å². The number of pyridine rings is 1. The zero-order valence-electron chi connectivity index (χ0n) is 14.5. The minimum Gasteiger partial charge on any atom is -0.495 e. The number of aliphatic carboxylic acids is 1. The number of amides is 1. The van der Waals surface area contributed by atoms with E-state index in [9.17, 15) is 14.7 Å². The summed E-state index contributed by atoms with van der Waals surface area (Å²) in [5.74, 6) is -1.13. The highest BCUT2D eigenvalue weighted by Gasteiger charge is 2.22. The summed E-state index contributed by atoms with van der Waals surface area (Å²) >= 11 is 6.09. The molecular formula is C20H17ClN2O4. The van der Waals surface area contributed by atoms with Gasteiger partial charge in [-0.3, -0.25) is 9.78 Å². The van der Waals surface area contributed by atoms with E-state index in [0.717, 1.165) is 5.39 Å². The maximum atomic E-state index is 12.7.